The number of carboxylic acid groups (broad SMARTS) is 1. The van der Waals surface area contributed by atoms with Crippen LogP contribution in [0.15, 0.2) is 29.8 Å². The van der Waals surface area contributed by atoms with Crippen molar-refractivity contribution in [1.82, 2.24) is 15.3 Å². The van der Waals surface area contributed by atoms with Gasteiger partial charge in [0.05, 0.1) is 24.6 Å². The number of rotatable bonds is 10. The van der Waals surface area contributed by atoms with Crippen LogP contribution in [0.5, 0.6) is 5.75 Å². The molecule has 2 aromatic rings. The maximum Gasteiger partial charge on any atom is 0.303 e. The van der Waals surface area contributed by atoms with Crippen molar-refractivity contribution in [3.8, 4) is 5.75 Å². The maximum absolute atomic E-state index is 12.9. The maximum atomic E-state index is 12.9. The highest BCUT2D eigenvalue weighted by molar-refractivity contribution is 5.78. The summed E-state index contributed by atoms with van der Waals surface area (Å²) in [5, 5.41) is 12.5. The molecule has 1 aromatic carbocycles. The van der Waals surface area contributed by atoms with E-state index in [4.69, 9.17) is 9.72 Å². The van der Waals surface area contributed by atoms with Crippen LogP contribution >= 0.6 is 0 Å². The number of ether oxygens (including phenoxy) is 1. The van der Waals surface area contributed by atoms with Crippen molar-refractivity contribution in [2.24, 2.45) is 29.1 Å². The quantitative estimate of drug-likeness (QED) is 0.377. The predicted octanol–water partition coefficient (Wildman–Crippen LogP) is 5.51. The fourth-order valence-electron chi connectivity index (χ4n) is 6.50. The standard InChI is InChI=1S/C29H41N3O4/c1-18(2)23-12-20(13-26-31-24-8-7-22(36-4)14-25(24)32-26)19(3)11-21(23)17-30-27(33)15-29(16-28(34)35)9-5-6-10-29/h7-8,11,14,18,20-21,23H,5-6,9-10,12-13,15-17H2,1-4H3,(H,30,33)(H,31,32)(H,34,35). The highest BCUT2D eigenvalue weighted by Crippen LogP contribution is 2.44. The lowest BCUT2D eigenvalue weighted by Crippen LogP contribution is -2.39. The zero-order valence-corrected chi connectivity index (χ0v) is 22.1. The molecule has 3 atom stereocenters. The molecular weight excluding hydrogens is 454 g/mol. The van der Waals surface area contributed by atoms with Crippen molar-refractivity contribution in [3.05, 3.63) is 35.7 Å². The van der Waals surface area contributed by atoms with Gasteiger partial charge in [-0.15, -0.1) is 0 Å². The number of methoxy groups -OCH3 is 1. The summed E-state index contributed by atoms with van der Waals surface area (Å²) in [7, 11) is 1.67. The molecule has 0 saturated heterocycles. The van der Waals surface area contributed by atoms with Gasteiger partial charge >= 0.3 is 5.97 Å². The number of carbonyl (C=O) groups excluding carboxylic acids is 1. The molecular formula is C29H41N3O4. The second kappa shape index (κ2) is 11.1. The number of hydrogen-bond donors (Lipinski definition) is 3. The van der Waals surface area contributed by atoms with Crippen LogP contribution in [0.3, 0.4) is 0 Å². The monoisotopic (exact) mass is 495 g/mol. The summed E-state index contributed by atoms with van der Waals surface area (Å²) in [6.07, 6.45) is 8.38. The Morgan fingerprint density at radius 1 is 1.25 bits per heavy atom. The average Bonchev–Trinajstić information content (AvgIpc) is 3.44. The summed E-state index contributed by atoms with van der Waals surface area (Å²) < 4.78 is 5.34. The van der Waals surface area contributed by atoms with Crippen LogP contribution in [0.25, 0.3) is 11.0 Å². The van der Waals surface area contributed by atoms with Gasteiger partial charge < -0.3 is 20.1 Å². The normalized spacial score (nSPS) is 23.6. The van der Waals surface area contributed by atoms with E-state index >= 15 is 0 Å². The molecule has 7 heteroatoms. The SMILES string of the molecule is COc1ccc2nc(CC3CC(C(C)C)C(CNC(=O)CC4(CC(=O)O)CCCC4)C=C3C)[nH]c2c1. The molecule has 4 rings (SSSR count). The number of carboxylic acids is 1. The molecule has 2 aliphatic carbocycles. The van der Waals surface area contributed by atoms with Crippen molar-refractivity contribution in [3.63, 3.8) is 0 Å². The highest BCUT2D eigenvalue weighted by atomic mass is 16.5. The number of aromatic amines is 1. The minimum Gasteiger partial charge on any atom is -0.497 e. The molecule has 3 unspecified atom stereocenters. The number of H-pyrrole nitrogens is 1. The third kappa shape index (κ3) is 6.11. The van der Waals surface area contributed by atoms with E-state index in [1.807, 2.05) is 18.2 Å². The van der Waals surface area contributed by atoms with Crippen molar-refractivity contribution in [2.75, 3.05) is 13.7 Å². The first kappa shape index (κ1) is 26.2. The number of imidazole rings is 1. The zero-order valence-electron chi connectivity index (χ0n) is 22.1. The second-order valence-electron chi connectivity index (χ2n) is 11.4. The van der Waals surface area contributed by atoms with Gasteiger partial charge in [0.25, 0.3) is 0 Å². The van der Waals surface area contributed by atoms with Gasteiger partial charge in [0.2, 0.25) is 5.91 Å². The van der Waals surface area contributed by atoms with E-state index in [-0.39, 0.29) is 23.7 Å². The summed E-state index contributed by atoms with van der Waals surface area (Å²) in [4.78, 5) is 32.5. The van der Waals surface area contributed by atoms with Crippen LogP contribution in [0.4, 0.5) is 0 Å². The number of hydrogen-bond acceptors (Lipinski definition) is 4. The number of carbonyl (C=O) groups is 2. The van der Waals surface area contributed by atoms with Gasteiger partial charge in [0.15, 0.2) is 0 Å². The first-order chi connectivity index (χ1) is 17.2. The number of amides is 1. The van der Waals surface area contributed by atoms with Crippen molar-refractivity contribution >= 4 is 22.9 Å². The van der Waals surface area contributed by atoms with Crippen LogP contribution in [-0.2, 0) is 16.0 Å². The van der Waals surface area contributed by atoms with E-state index in [1.54, 1.807) is 7.11 Å². The molecule has 1 saturated carbocycles. The van der Waals surface area contributed by atoms with Crippen LogP contribution < -0.4 is 10.1 Å². The van der Waals surface area contributed by atoms with Crippen molar-refractivity contribution < 1.29 is 19.4 Å². The Morgan fingerprint density at radius 3 is 2.67 bits per heavy atom. The fourth-order valence-corrected chi connectivity index (χ4v) is 6.50. The Labute approximate surface area is 214 Å². The molecule has 1 fully saturated rings. The molecule has 0 aliphatic heterocycles. The number of fused-ring (bicyclic) bond motifs is 1. The van der Waals surface area contributed by atoms with E-state index in [0.29, 0.717) is 30.7 Å². The Kier molecular flexibility index (Phi) is 8.06. The van der Waals surface area contributed by atoms with Crippen LogP contribution in [0.1, 0.15) is 71.5 Å². The summed E-state index contributed by atoms with van der Waals surface area (Å²) in [6.45, 7) is 7.33. The predicted molar refractivity (Wildman–Crippen MR) is 141 cm³/mol. The van der Waals surface area contributed by atoms with Crippen molar-refractivity contribution in [2.45, 2.75) is 72.1 Å². The molecule has 7 nitrogen and oxygen atoms in total. The first-order valence-electron chi connectivity index (χ1n) is 13.4. The number of aliphatic carboxylic acids is 1. The number of benzene rings is 1. The van der Waals surface area contributed by atoms with Crippen molar-refractivity contribution in [1.29, 1.82) is 0 Å². The molecule has 1 aromatic heterocycles. The van der Waals surface area contributed by atoms with Crippen LogP contribution in [-0.4, -0.2) is 40.6 Å². The Hall–Kier alpha value is -2.83. The van der Waals surface area contributed by atoms with E-state index in [2.05, 4.69) is 37.1 Å². The zero-order chi connectivity index (χ0) is 25.9. The topological polar surface area (TPSA) is 104 Å². The van der Waals surface area contributed by atoms with E-state index in [1.165, 1.54) is 5.57 Å². The molecule has 2 aliphatic rings. The number of nitrogens with one attached hydrogen (secondary N) is 2. The van der Waals surface area contributed by atoms with Gasteiger partial charge in [-0.2, -0.15) is 0 Å². The third-order valence-corrected chi connectivity index (χ3v) is 8.52. The number of allylic oxidation sites excluding steroid dienone is 1. The fraction of sp³-hybridized carbons (Fsp3) is 0.621. The summed E-state index contributed by atoms with van der Waals surface area (Å²) in [6, 6.07) is 5.90. The smallest absolute Gasteiger partial charge is 0.303 e. The van der Waals surface area contributed by atoms with Gasteiger partial charge in [-0.3, -0.25) is 9.59 Å². The van der Waals surface area contributed by atoms with Gasteiger partial charge in [0, 0.05) is 25.5 Å². The Balaban J connectivity index is 1.40. The third-order valence-electron chi connectivity index (χ3n) is 8.52. The van der Waals surface area contributed by atoms with E-state index in [0.717, 1.165) is 61.1 Å². The molecule has 36 heavy (non-hydrogen) atoms. The number of nitrogens with zero attached hydrogens (tertiary/aromatic N) is 1. The summed E-state index contributed by atoms with van der Waals surface area (Å²) in [5.41, 5.74) is 2.92. The summed E-state index contributed by atoms with van der Waals surface area (Å²) in [5.74, 6) is 2.64. The minimum absolute atomic E-state index is 0.00784. The molecule has 0 bridgehead atoms. The molecule has 196 valence electrons. The summed E-state index contributed by atoms with van der Waals surface area (Å²) >= 11 is 0. The Bertz CT molecular complexity index is 1110. The van der Waals surface area contributed by atoms with Gasteiger partial charge in [-0.25, -0.2) is 4.98 Å². The van der Waals surface area contributed by atoms with Crippen LogP contribution in [0, 0.1) is 29.1 Å². The lowest BCUT2D eigenvalue weighted by molar-refractivity contribution is -0.140. The highest BCUT2D eigenvalue weighted by Gasteiger charge is 2.38. The molecule has 0 spiro atoms. The second-order valence-corrected chi connectivity index (χ2v) is 11.4. The van der Waals surface area contributed by atoms with Gasteiger partial charge in [-0.05, 0) is 67.4 Å². The first-order valence-corrected chi connectivity index (χ1v) is 13.4. The average molecular weight is 496 g/mol. The molecule has 0 radical (unpaired) electrons. The lowest BCUT2D eigenvalue weighted by Gasteiger charge is -2.37. The van der Waals surface area contributed by atoms with Crippen LogP contribution in [0.2, 0.25) is 0 Å². The van der Waals surface area contributed by atoms with Gasteiger partial charge in [0.1, 0.15) is 11.6 Å². The number of aromatic nitrogens is 2. The molecule has 1 heterocycles. The Morgan fingerprint density at radius 2 is 2.00 bits per heavy atom. The molecule has 1 amide bonds. The lowest BCUT2D eigenvalue weighted by atomic mass is 9.69. The molecule has 3 N–H and O–H groups in total. The van der Waals surface area contributed by atoms with E-state index < -0.39 is 5.97 Å². The largest absolute Gasteiger partial charge is 0.497 e. The van der Waals surface area contributed by atoms with Gasteiger partial charge in [-0.1, -0.05) is 38.3 Å². The minimum atomic E-state index is -0.801. The van der Waals surface area contributed by atoms with E-state index in [9.17, 15) is 14.7 Å².